The average Bonchev–Trinajstić information content (AvgIpc) is 3.06. The fraction of sp³-hybridized carbons (Fsp3) is 0.0952. The first kappa shape index (κ1) is 20.8. The van der Waals surface area contributed by atoms with E-state index < -0.39 is 0 Å². The van der Waals surface area contributed by atoms with Crippen LogP contribution in [0.1, 0.15) is 11.3 Å². The molecule has 2 aromatic carbocycles. The maximum Gasteiger partial charge on any atom is 0.171 e. The zero-order valence-corrected chi connectivity index (χ0v) is 17.9. The molecule has 0 amide bonds. The molecule has 8 nitrogen and oxygen atoms in total. The lowest BCUT2D eigenvalue weighted by molar-refractivity contribution is 0.485. The van der Waals surface area contributed by atoms with E-state index in [1.54, 1.807) is 35.1 Å². The van der Waals surface area contributed by atoms with Crippen molar-refractivity contribution in [3.8, 4) is 17.6 Å². The summed E-state index contributed by atoms with van der Waals surface area (Å²) >= 11 is 12.4. The monoisotopic (exact) mass is 453 g/mol. The summed E-state index contributed by atoms with van der Waals surface area (Å²) in [5, 5.41) is 16.7. The number of ether oxygens (including phenoxy) is 1. The van der Waals surface area contributed by atoms with Crippen molar-refractivity contribution in [2.75, 3.05) is 10.7 Å². The molecule has 0 atom stereocenters. The number of anilines is 2. The largest absolute Gasteiger partial charge is 0.453 e. The van der Waals surface area contributed by atoms with Gasteiger partial charge < -0.3 is 15.5 Å². The molecule has 0 unspecified atom stereocenters. The molecule has 0 bridgehead atoms. The lowest BCUT2D eigenvalue weighted by Gasteiger charge is -2.22. The van der Waals surface area contributed by atoms with Crippen LogP contribution in [0, 0.1) is 11.3 Å². The first-order chi connectivity index (χ1) is 14.9. The first-order valence-corrected chi connectivity index (χ1v) is 9.88. The van der Waals surface area contributed by atoms with E-state index in [2.05, 4.69) is 10.1 Å². The molecule has 2 heterocycles. The number of rotatable bonds is 5. The number of halogens is 2. The zero-order chi connectivity index (χ0) is 22.1. The van der Waals surface area contributed by atoms with Gasteiger partial charge in [-0.2, -0.15) is 10.4 Å². The molecular formula is C21H17Cl2N7O. The number of pyridine rings is 1. The number of benzene rings is 2. The van der Waals surface area contributed by atoms with Crippen molar-refractivity contribution in [1.82, 2.24) is 14.8 Å². The number of nitrogen functional groups attached to an aromatic ring is 1. The van der Waals surface area contributed by atoms with Crippen LogP contribution in [0.4, 0.5) is 11.4 Å². The molecule has 0 aliphatic heterocycles. The third kappa shape index (κ3) is 4.07. The molecule has 2 aromatic heterocycles. The van der Waals surface area contributed by atoms with Gasteiger partial charge in [-0.1, -0.05) is 23.2 Å². The number of aromatic nitrogens is 3. The highest BCUT2D eigenvalue weighted by molar-refractivity contribution is 6.33. The molecular weight excluding hydrogens is 437 g/mol. The van der Waals surface area contributed by atoms with E-state index in [9.17, 15) is 0 Å². The van der Waals surface area contributed by atoms with E-state index in [0.29, 0.717) is 27.0 Å². The minimum atomic E-state index is 0.216. The average molecular weight is 454 g/mol. The van der Waals surface area contributed by atoms with Crippen LogP contribution in [0.5, 0.6) is 11.5 Å². The zero-order valence-electron chi connectivity index (χ0n) is 16.4. The highest BCUT2D eigenvalue weighted by atomic mass is 35.5. The number of hydrogen-bond acceptors (Lipinski definition) is 7. The van der Waals surface area contributed by atoms with Crippen LogP contribution >= 0.6 is 23.2 Å². The maximum absolute atomic E-state index is 9.15. The lowest BCUT2D eigenvalue weighted by atomic mass is 10.2. The summed E-state index contributed by atoms with van der Waals surface area (Å²) in [6.45, 7) is 0.282. The van der Waals surface area contributed by atoms with Gasteiger partial charge in [-0.3, -0.25) is 4.68 Å². The minimum Gasteiger partial charge on any atom is -0.453 e. The van der Waals surface area contributed by atoms with Crippen LogP contribution in [0.25, 0.3) is 11.0 Å². The quantitative estimate of drug-likeness (QED) is 0.261. The Morgan fingerprint density at radius 2 is 2.03 bits per heavy atom. The fourth-order valence-electron chi connectivity index (χ4n) is 3.25. The Morgan fingerprint density at radius 1 is 1.23 bits per heavy atom. The standard InChI is InChI=1S/C21H17Cl2N7O/c1-29-21-15(3-2-6-27-21)17(28-29)11-30(26)18-5-4-16(23)20(19(18)25)31-14-8-12(10-24)7-13(22)9-14/h2-9H,11,25-26H2,1H3. The van der Waals surface area contributed by atoms with Crippen LogP contribution in [0.3, 0.4) is 0 Å². The van der Waals surface area contributed by atoms with Crippen molar-refractivity contribution >= 4 is 45.6 Å². The minimum absolute atomic E-state index is 0.216. The van der Waals surface area contributed by atoms with Gasteiger partial charge in [-0.25, -0.2) is 10.8 Å². The van der Waals surface area contributed by atoms with Crippen molar-refractivity contribution in [2.24, 2.45) is 12.9 Å². The Kier molecular flexibility index (Phi) is 5.57. The summed E-state index contributed by atoms with van der Waals surface area (Å²) in [7, 11) is 1.82. The third-order valence-corrected chi connectivity index (χ3v) is 5.17. The molecule has 0 spiro atoms. The molecule has 0 fully saturated rings. The van der Waals surface area contributed by atoms with E-state index in [4.69, 9.17) is 44.8 Å². The topological polar surface area (TPSA) is 119 Å². The smallest absolute Gasteiger partial charge is 0.171 e. The SMILES string of the molecule is Cn1nc(CN(N)c2ccc(Cl)c(Oc3cc(Cl)cc(C#N)c3)c2N)c2cccnc21. The Balaban J connectivity index is 1.67. The van der Waals surface area contributed by atoms with Gasteiger partial charge >= 0.3 is 0 Å². The second-order valence-corrected chi connectivity index (χ2v) is 7.62. The number of fused-ring (bicyclic) bond motifs is 1. The van der Waals surface area contributed by atoms with Crippen molar-refractivity contribution in [1.29, 1.82) is 5.26 Å². The van der Waals surface area contributed by atoms with Gasteiger partial charge in [-0.15, -0.1) is 0 Å². The molecule has 156 valence electrons. The summed E-state index contributed by atoms with van der Waals surface area (Å²) in [4.78, 5) is 4.34. The number of nitriles is 1. The summed E-state index contributed by atoms with van der Waals surface area (Å²) in [5.41, 5.74) is 8.95. The summed E-state index contributed by atoms with van der Waals surface area (Å²) in [6, 6.07) is 13.8. The summed E-state index contributed by atoms with van der Waals surface area (Å²) < 4.78 is 7.57. The van der Waals surface area contributed by atoms with Crippen molar-refractivity contribution in [3.05, 3.63) is 70.0 Å². The molecule has 4 aromatic rings. The van der Waals surface area contributed by atoms with Crippen molar-refractivity contribution in [3.63, 3.8) is 0 Å². The van der Waals surface area contributed by atoms with Crippen molar-refractivity contribution < 1.29 is 4.74 Å². The summed E-state index contributed by atoms with van der Waals surface area (Å²) in [6.07, 6.45) is 1.71. The van der Waals surface area contributed by atoms with Gasteiger partial charge in [0.1, 0.15) is 11.4 Å². The van der Waals surface area contributed by atoms with Gasteiger partial charge in [0.05, 0.1) is 34.6 Å². The Morgan fingerprint density at radius 3 is 2.81 bits per heavy atom. The predicted octanol–water partition coefficient (Wildman–Crippen LogP) is 4.40. The van der Waals surface area contributed by atoms with Gasteiger partial charge in [0.2, 0.25) is 0 Å². The van der Waals surface area contributed by atoms with Gasteiger partial charge in [0, 0.05) is 23.7 Å². The van der Waals surface area contributed by atoms with Gasteiger partial charge in [0.15, 0.2) is 11.4 Å². The van der Waals surface area contributed by atoms with E-state index in [1.165, 1.54) is 11.1 Å². The molecule has 0 saturated heterocycles. The van der Waals surface area contributed by atoms with Crippen LogP contribution in [0.2, 0.25) is 10.0 Å². The highest BCUT2D eigenvalue weighted by Crippen LogP contribution is 2.41. The van der Waals surface area contributed by atoms with Crippen LogP contribution < -0.4 is 21.3 Å². The van der Waals surface area contributed by atoms with Crippen LogP contribution in [-0.4, -0.2) is 14.8 Å². The molecule has 0 aliphatic carbocycles. The maximum atomic E-state index is 9.15. The Bertz CT molecular complexity index is 1330. The van der Waals surface area contributed by atoms with E-state index in [1.807, 2.05) is 25.2 Å². The second-order valence-electron chi connectivity index (χ2n) is 6.77. The number of hydrazine groups is 1. The summed E-state index contributed by atoms with van der Waals surface area (Å²) in [5.74, 6) is 6.88. The molecule has 0 saturated carbocycles. The Hall–Kier alpha value is -3.51. The molecule has 4 N–H and O–H groups in total. The van der Waals surface area contributed by atoms with Gasteiger partial charge in [0.25, 0.3) is 0 Å². The first-order valence-electron chi connectivity index (χ1n) is 9.12. The van der Waals surface area contributed by atoms with E-state index in [-0.39, 0.29) is 18.0 Å². The van der Waals surface area contributed by atoms with Gasteiger partial charge in [-0.05, 0) is 42.5 Å². The predicted molar refractivity (Wildman–Crippen MR) is 121 cm³/mol. The van der Waals surface area contributed by atoms with E-state index in [0.717, 1.165) is 16.7 Å². The number of hydrogen-bond donors (Lipinski definition) is 2. The van der Waals surface area contributed by atoms with Crippen LogP contribution in [-0.2, 0) is 13.6 Å². The number of aryl methyl sites for hydroxylation is 1. The Labute approximate surface area is 188 Å². The lowest BCUT2D eigenvalue weighted by Crippen LogP contribution is -2.31. The van der Waals surface area contributed by atoms with E-state index >= 15 is 0 Å². The molecule has 31 heavy (non-hydrogen) atoms. The molecule has 0 aliphatic rings. The third-order valence-electron chi connectivity index (χ3n) is 4.65. The highest BCUT2D eigenvalue weighted by Gasteiger charge is 2.18. The number of nitrogens with two attached hydrogens (primary N) is 2. The normalized spacial score (nSPS) is 10.8. The van der Waals surface area contributed by atoms with Crippen molar-refractivity contribution in [2.45, 2.75) is 6.54 Å². The van der Waals surface area contributed by atoms with Crippen LogP contribution in [0.15, 0.2) is 48.7 Å². The molecule has 4 rings (SSSR count). The fourth-order valence-corrected chi connectivity index (χ4v) is 3.67. The number of nitrogens with zero attached hydrogens (tertiary/aromatic N) is 5. The molecule has 10 heteroatoms. The second kappa shape index (κ2) is 8.32. The molecule has 0 radical (unpaired) electrons.